The van der Waals surface area contributed by atoms with Crippen molar-refractivity contribution in [2.75, 3.05) is 0 Å². The van der Waals surface area contributed by atoms with Crippen LogP contribution in [0.2, 0.25) is 0 Å². The maximum atomic E-state index is 11.4. The fourth-order valence-corrected chi connectivity index (χ4v) is 1.81. The van der Waals surface area contributed by atoms with Gasteiger partial charge in [-0.15, -0.1) is 0 Å². The fourth-order valence-electron chi connectivity index (χ4n) is 1.81. The van der Waals surface area contributed by atoms with Gasteiger partial charge in [-0.25, -0.2) is 9.78 Å². The van der Waals surface area contributed by atoms with Gasteiger partial charge in [0.1, 0.15) is 12.1 Å². The topological polar surface area (TPSA) is 103 Å². The largest absolute Gasteiger partial charge is 0.479 e. The average Bonchev–Trinajstić information content (AvgIpc) is 2.82. The molecule has 1 aromatic carbocycles. The molecule has 1 unspecified atom stereocenters. The predicted octanol–water partition coefficient (Wildman–Crippen LogP) is 1.30. The van der Waals surface area contributed by atoms with Gasteiger partial charge in [0.2, 0.25) is 0 Å². The molecule has 19 heavy (non-hydrogen) atoms. The van der Waals surface area contributed by atoms with Crippen LogP contribution in [0, 0.1) is 22.7 Å². The molecule has 0 spiro atoms. The molecule has 0 saturated carbocycles. The van der Waals surface area contributed by atoms with Crippen LogP contribution in [0.15, 0.2) is 36.7 Å². The van der Waals surface area contributed by atoms with Crippen molar-refractivity contribution in [3.63, 3.8) is 0 Å². The summed E-state index contributed by atoms with van der Waals surface area (Å²) in [7, 11) is 0. The Kier molecular flexibility index (Phi) is 3.26. The average molecular weight is 252 g/mol. The second kappa shape index (κ2) is 5.03. The number of benzene rings is 1. The van der Waals surface area contributed by atoms with E-state index < -0.39 is 12.0 Å². The summed E-state index contributed by atoms with van der Waals surface area (Å²) in [6.45, 7) is 0. The summed E-state index contributed by atoms with van der Waals surface area (Å²) >= 11 is 0. The monoisotopic (exact) mass is 252 g/mol. The first kappa shape index (κ1) is 12.3. The van der Waals surface area contributed by atoms with Crippen LogP contribution < -0.4 is 0 Å². The number of nitrogens with zero attached hydrogens (tertiary/aromatic N) is 4. The molecule has 6 heteroatoms. The van der Waals surface area contributed by atoms with Gasteiger partial charge in [-0.1, -0.05) is 30.3 Å². The van der Waals surface area contributed by atoms with Crippen LogP contribution in [0.25, 0.3) is 0 Å². The van der Waals surface area contributed by atoms with Crippen LogP contribution in [0.3, 0.4) is 0 Å². The van der Waals surface area contributed by atoms with E-state index >= 15 is 0 Å². The minimum absolute atomic E-state index is 0.0567. The summed E-state index contributed by atoms with van der Waals surface area (Å²) in [6, 6.07) is 11.0. The molecule has 2 rings (SSSR count). The van der Waals surface area contributed by atoms with Crippen LogP contribution in [-0.4, -0.2) is 20.6 Å². The van der Waals surface area contributed by atoms with E-state index in [0.29, 0.717) is 5.56 Å². The molecule has 1 aromatic heterocycles. The second-order valence-corrected chi connectivity index (χ2v) is 3.72. The van der Waals surface area contributed by atoms with Crippen LogP contribution >= 0.6 is 0 Å². The van der Waals surface area contributed by atoms with E-state index in [0.717, 1.165) is 0 Å². The molecular formula is C13H8N4O2. The van der Waals surface area contributed by atoms with Crippen molar-refractivity contribution in [1.29, 1.82) is 10.5 Å². The lowest BCUT2D eigenvalue weighted by Crippen LogP contribution is -2.21. The highest BCUT2D eigenvalue weighted by molar-refractivity contribution is 5.76. The molecule has 0 aliphatic heterocycles. The number of hydrogen-bond acceptors (Lipinski definition) is 4. The molecule has 0 amide bonds. The first-order valence-corrected chi connectivity index (χ1v) is 5.33. The third-order valence-electron chi connectivity index (χ3n) is 2.63. The predicted molar refractivity (Wildman–Crippen MR) is 63.9 cm³/mol. The van der Waals surface area contributed by atoms with E-state index in [1.807, 2.05) is 6.07 Å². The highest BCUT2D eigenvalue weighted by Crippen LogP contribution is 2.21. The van der Waals surface area contributed by atoms with E-state index in [-0.39, 0.29) is 11.4 Å². The number of carboxylic acid groups (broad SMARTS) is 1. The highest BCUT2D eigenvalue weighted by atomic mass is 16.4. The van der Waals surface area contributed by atoms with Gasteiger partial charge in [0.25, 0.3) is 0 Å². The molecule has 0 bridgehead atoms. The molecule has 1 heterocycles. The molecule has 1 atom stereocenters. The first-order chi connectivity index (χ1) is 9.19. The Balaban J connectivity index is 2.60. The van der Waals surface area contributed by atoms with Gasteiger partial charge in [0.05, 0.1) is 6.33 Å². The molecular weight excluding hydrogens is 244 g/mol. The number of carbonyl (C=O) groups is 1. The van der Waals surface area contributed by atoms with Crippen LogP contribution in [0.4, 0.5) is 0 Å². The summed E-state index contributed by atoms with van der Waals surface area (Å²) in [4.78, 5) is 15.2. The third kappa shape index (κ3) is 2.15. The molecule has 0 radical (unpaired) electrons. The molecule has 2 aromatic rings. The number of carboxylic acids is 1. The van der Waals surface area contributed by atoms with Crippen LogP contribution in [0.5, 0.6) is 0 Å². The Labute approximate surface area is 108 Å². The Hall–Kier alpha value is -3.12. The van der Waals surface area contributed by atoms with Gasteiger partial charge in [-0.05, 0) is 5.56 Å². The molecule has 92 valence electrons. The number of imidazole rings is 1. The molecule has 0 aliphatic rings. The van der Waals surface area contributed by atoms with E-state index in [4.69, 9.17) is 10.5 Å². The normalized spacial score (nSPS) is 11.3. The summed E-state index contributed by atoms with van der Waals surface area (Å²) in [5, 5.41) is 27.2. The van der Waals surface area contributed by atoms with Gasteiger partial charge in [0.15, 0.2) is 17.4 Å². The summed E-state index contributed by atoms with van der Waals surface area (Å²) in [5.74, 6) is -1.12. The number of hydrogen-bond donors (Lipinski definition) is 1. The Bertz CT molecular complexity index is 692. The fraction of sp³-hybridized carbons (Fsp3) is 0.0769. The van der Waals surface area contributed by atoms with E-state index in [9.17, 15) is 9.90 Å². The highest BCUT2D eigenvalue weighted by Gasteiger charge is 2.25. The minimum atomic E-state index is -1.12. The minimum Gasteiger partial charge on any atom is -0.479 e. The molecule has 0 aliphatic carbocycles. The summed E-state index contributed by atoms with van der Waals surface area (Å²) < 4.78 is 1.19. The summed E-state index contributed by atoms with van der Waals surface area (Å²) in [6.07, 6.45) is 1.20. The number of rotatable bonds is 3. The Morgan fingerprint density at radius 3 is 2.47 bits per heavy atom. The zero-order valence-electron chi connectivity index (χ0n) is 9.69. The van der Waals surface area contributed by atoms with Crippen molar-refractivity contribution in [2.24, 2.45) is 0 Å². The van der Waals surface area contributed by atoms with Gasteiger partial charge in [-0.2, -0.15) is 10.5 Å². The molecule has 1 N–H and O–H groups in total. The van der Waals surface area contributed by atoms with Crippen LogP contribution in [0.1, 0.15) is 23.0 Å². The molecule has 0 saturated heterocycles. The van der Waals surface area contributed by atoms with Crippen molar-refractivity contribution in [3.8, 4) is 12.1 Å². The second-order valence-electron chi connectivity index (χ2n) is 3.72. The quantitative estimate of drug-likeness (QED) is 0.886. The maximum absolute atomic E-state index is 11.4. The molecule has 6 nitrogen and oxygen atoms in total. The molecule has 0 fully saturated rings. The lowest BCUT2D eigenvalue weighted by molar-refractivity contribution is -0.139. The lowest BCUT2D eigenvalue weighted by Gasteiger charge is -2.14. The van der Waals surface area contributed by atoms with Crippen molar-refractivity contribution in [2.45, 2.75) is 6.04 Å². The number of aromatic nitrogens is 2. The first-order valence-electron chi connectivity index (χ1n) is 5.33. The van der Waals surface area contributed by atoms with E-state index in [1.165, 1.54) is 10.9 Å². The van der Waals surface area contributed by atoms with Gasteiger partial charge < -0.3 is 9.67 Å². The number of nitriles is 2. The van der Waals surface area contributed by atoms with Crippen molar-refractivity contribution < 1.29 is 9.90 Å². The lowest BCUT2D eigenvalue weighted by atomic mass is 10.1. The Morgan fingerprint density at radius 2 is 1.95 bits per heavy atom. The van der Waals surface area contributed by atoms with Crippen LogP contribution in [-0.2, 0) is 4.79 Å². The van der Waals surface area contributed by atoms with Gasteiger partial charge in [-0.3, -0.25) is 0 Å². The van der Waals surface area contributed by atoms with Crippen molar-refractivity contribution in [3.05, 3.63) is 53.6 Å². The van der Waals surface area contributed by atoms with Gasteiger partial charge >= 0.3 is 5.97 Å². The standard InChI is InChI=1S/C13H8N4O2/c14-6-10-11(7-15)17(8-16-10)12(13(18)19)9-4-2-1-3-5-9/h1-5,8,12H,(H,18,19). The maximum Gasteiger partial charge on any atom is 0.331 e. The third-order valence-corrected chi connectivity index (χ3v) is 2.63. The SMILES string of the molecule is N#Cc1ncn(C(C(=O)O)c2ccccc2)c1C#N. The van der Waals surface area contributed by atoms with Crippen molar-refractivity contribution in [1.82, 2.24) is 9.55 Å². The number of aliphatic carboxylic acids is 1. The zero-order valence-corrected chi connectivity index (χ0v) is 9.69. The van der Waals surface area contributed by atoms with E-state index in [1.54, 1.807) is 36.4 Å². The van der Waals surface area contributed by atoms with Crippen molar-refractivity contribution >= 4 is 5.97 Å². The summed E-state index contributed by atoms with van der Waals surface area (Å²) in [5.41, 5.74) is 0.372. The van der Waals surface area contributed by atoms with Gasteiger partial charge in [0, 0.05) is 0 Å². The Morgan fingerprint density at radius 1 is 1.26 bits per heavy atom. The smallest absolute Gasteiger partial charge is 0.331 e. The van der Waals surface area contributed by atoms with E-state index in [2.05, 4.69) is 4.98 Å². The zero-order chi connectivity index (χ0) is 13.8.